The highest BCUT2D eigenvalue weighted by Crippen LogP contribution is 2.62. The standard InChI is InChI=1S/C49H33N3/c1-49-40-19-7-5-15-37(40)38-18-12-23-46(48(38)49)52(35-27-24-32(25-28-35)42-20-9-10-30-50-42)44-29-26-33(31-41(44)49)36-17-11-22-45-47(36)39-16-6-8-21-43(39)51(45)34-13-3-2-4-14-34/h2-31H,1H3. The van der Waals surface area contributed by atoms with Gasteiger partial charge in [-0.2, -0.15) is 0 Å². The third-order valence-electron chi connectivity index (χ3n) is 11.4. The summed E-state index contributed by atoms with van der Waals surface area (Å²) in [6.07, 6.45) is 1.85. The molecule has 1 aliphatic heterocycles. The third kappa shape index (κ3) is 3.93. The normalized spacial score (nSPS) is 15.4. The van der Waals surface area contributed by atoms with E-state index in [1.807, 2.05) is 18.3 Å². The van der Waals surface area contributed by atoms with E-state index in [1.54, 1.807) is 0 Å². The van der Waals surface area contributed by atoms with Gasteiger partial charge in [-0.25, -0.2) is 0 Å². The first-order chi connectivity index (χ1) is 25.7. The predicted molar refractivity (Wildman–Crippen MR) is 215 cm³/mol. The molecule has 0 N–H and O–H groups in total. The molecule has 2 aliphatic rings. The smallest absolute Gasteiger partial charge is 0.0701 e. The molecule has 7 aromatic carbocycles. The highest BCUT2D eigenvalue weighted by atomic mass is 15.2. The Labute approximate surface area is 302 Å². The molecule has 3 heterocycles. The Morgan fingerprint density at radius 1 is 0.481 bits per heavy atom. The monoisotopic (exact) mass is 663 g/mol. The summed E-state index contributed by atoms with van der Waals surface area (Å²) in [6, 6.07) is 64.2. The molecule has 0 fully saturated rings. The van der Waals surface area contributed by atoms with Gasteiger partial charge >= 0.3 is 0 Å². The fraction of sp³-hybridized carbons (Fsp3) is 0.0408. The van der Waals surface area contributed by atoms with Gasteiger partial charge in [0.1, 0.15) is 0 Å². The van der Waals surface area contributed by atoms with Gasteiger partial charge < -0.3 is 9.47 Å². The molecule has 0 bridgehead atoms. The van der Waals surface area contributed by atoms with Crippen LogP contribution >= 0.6 is 0 Å². The van der Waals surface area contributed by atoms with Gasteiger partial charge in [0.25, 0.3) is 0 Å². The van der Waals surface area contributed by atoms with Crippen LogP contribution in [0.15, 0.2) is 182 Å². The maximum absolute atomic E-state index is 4.61. The first kappa shape index (κ1) is 29.1. The lowest BCUT2D eigenvalue weighted by Crippen LogP contribution is -2.32. The number of nitrogens with zero attached hydrogens (tertiary/aromatic N) is 3. The number of para-hydroxylation sites is 2. The van der Waals surface area contributed by atoms with Crippen molar-refractivity contribution in [3.8, 4) is 39.2 Å². The Morgan fingerprint density at radius 2 is 1.19 bits per heavy atom. The summed E-state index contributed by atoms with van der Waals surface area (Å²) in [5.41, 5.74) is 18.1. The zero-order chi connectivity index (χ0) is 34.4. The summed E-state index contributed by atoms with van der Waals surface area (Å²) in [5.74, 6) is 0. The Kier molecular flexibility index (Phi) is 6.09. The number of pyridine rings is 1. The van der Waals surface area contributed by atoms with Crippen molar-refractivity contribution in [2.75, 3.05) is 4.90 Å². The van der Waals surface area contributed by atoms with Gasteiger partial charge in [-0.1, -0.05) is 109 Å². The molecule has 2 aromatic heterocycles. The molecule has 1 atom stereocenters. The van der Waals surface area contributed by atoms with Crippen LogP contribution in [0.3, 0.4) is 0 Å². The average Bonchev–Trinajstić information content (AvgIpc) is 3.70. The summed E-state index contributed by atoms with van der Waals surface area (Å²) >= 11 is 0. The zero-order valence-corrected chi connectivity index (χ0v) is 28.7. The molecule has 0 saturated heterocycles. The molecule has 244 valence electrons. The van der Waals surface area contributed by atoms with Gasteiger partial charge in [0.2, 0.25) is 0 Å². The van der Waals surface area contributed by atoms with Crippen molar-refractivity contribution in [3.05, 3.63) is 199 Å². The molecule has 9 aromatic rings. The van der Waals surface area contributed by atoms with E-state index in [-0.39, 0.29) is 5.41 Å². The second-order valence-electron chi connectivity index (χ2n) is 14.1. The van der Waals surface area contributed by atoms with Gasteiger partial charge in [0.05, 0.1) is 28.1 Å². The quantitative estimate of drug-likeness (QED) is 0.187. The summed E-state index contributed by atoms with van der Waals surface area (Å²) in [7, 11) is 0. The lowest BCUT2D eigenvalue weighted by Gasteiger charge is -2.42. The van der Waals surface area contributed by atoms with E-state index in [4.69, 9.17) is 0 Å². The molecule has 0 spiro atoms. The zero-order valence-electron chi connectivity index (χ0n) is 28.7. The second-order valence-corrected chi connectivity index (χ2v) is 14.1. The largest absolute Gasteiger partial charge is 0.310 e. The van der Waals surface area contributed by atoms with E-state index in [9.17, 15) is 0 Å². The van der Waals surface area contributed by atoms with Gasteiger partial charge in [-0.15, -0.1) is 0 Å². The summed E-state index contributed by atoms with van der Waals surface area (Å²) < 4.78 is 2.40. The molecule has 3 nitrogen and oxygen atoms in total. The molecule has 0 radical (unpaired) electrons. The molecular weight excluding hydrogens is 631 g/mol. The maximum Gasteiger partial charge on any atom is 0.0701 e. The SMILES string of the molecule is CC12c3ccccc3-c3cccc(c31)N(c1ccc(-c3ccccn3)cc1)c1ccc(-c3cccc4c3c3ccccc3n4-c3ccccc3)cc12. The van der Waals surface area contributed by atoms with Crippen LogP contribution in [0.1, 0.15) is 23.6 Å². The Balaban J connectivity index is 1.17. The summed E-state index contributed by atoms with van der Waals surface area (Å²) in [4.78, 5) is 7.08. The molecular formula is C49H33N3. The molecule has 0 amide bonds. The van der Waals surface area contributed by atoms with Crippen molar-refractivity contribution < 1.29 is 0 Å². The minimum Gasteiger partial charge on any atom is -0.310 e. The van der Waals surface area contributed by atoms with E-state index in [2.05, 4.69) is 185 Å². The average molecular weight is 664 g/mol. The van der Waals surface area contributed by atoms with Gasteiger partial charge in [0.15, 0.2) is 0 Å². The Bertz CT molecular complexity index is 2850. The predicted octanol–water partition coefficient (Wildman–Crippen LogP) is 12.6. The fourth-order valence-electron chi connectivity index (χ4n) is 9.18. The van der Waals surface area contributed by atoms with Gasteiger partial charge in [0, 0.05) is 39.3 Å². The van der Waals surface area contributed by atoms with Crippen LogP contribution in [-0.4, -0.2) is 9.55 Å². The first-order valence-electron chi connectivity index (χ1n) is 18.0. The van der Waals surface area contributed by atoms with Crippen LogP contribution < -0.4 is 4.90 Å². The Morgan fingerprint density at radius 3 is 2.06 bits per heavy atom. The molecule has 11 rings (SSSR count). The van der Waals surface area contributed by atoms with Crippen LogP contribution in [-0.2, 0) is 5.41 Å². The molecule has 52 heavy (non-hydrogen) atoms. The van der Waals surface area contributed by atoms with Crippen molar-refractivity contribution in [1.29, 1.82) is 0 Å². The fourth-order valence-corrected chi connectivity index (χ4v) is 9.18. The number of rotatable bonds is 4. The minimum atomic E-state index is -0.329. The summed E-state index contributed by atoms with van der Waals surface area (Å²) in [6.45, 7) is 2.44. The van der Waals surface area contributed by atoms with Crippen molar-refractivity contribution >= 4 is 38.9 Å². The van der Waals surface area contributed by atoms with Crippen LogP contribution in [0.5, 0.6) is 0 Å². The van der Waals surface area contributed by atoms with Crippen LogP contribution in [0, 0.1) is 0 Å². The minimum absolute atomic E-state index is 0.329. The van der Waals surface area contributed by atoms with Crippen molar-refractivity contribution in [3.63, 3.8) is 0 Å². The van der Waals surface area contributed by atoms with Crippen molar-refractivity contribution in [2.45, 2.75) is 12.3 Å². The molecule has 1 unspecified atom stereocenters. The van der Waals surface area contributed by atoms with E-state index < -0.39 is 0 Å². The number of aromatic nitrogens is 2. The van der Waals surface area contributed by atoms with Crippen molar-refractivity contribution in [1.82, 2.24) is 9.55 Å². The molecule has 1 aliphatic carbocycles. The van der Waals surface area contributed by atoms with E-state index in [0.717, 1.165) is 16.9 Å². The van der Waals surface area contributed by atoms with E-state index in [0.29, 0.717) is 0 Å². The third-order valence-corrected chi connectivity index (χ3v) is 11.4. The van der Waals surface area contributed by atoms with Crippen LogP contribution in [0.4, 0.5) is 17.1 Å². The highest BCUT2D eigenvalue weighted by molar-refractivity contribution is 6.16. The summed E-state index contributed by atoms with van der Waals surface area (Å²) in [5, 5.41) is 2.53. The number of fused-ring (bicyclic) bond motifs is 8. The maximum atomic E-state index is 4.61. The molecule has 3 heteroatoms. The highest BCUT2D eigenvalue weighted by Gasteiger charge is 2.48. The number of benzene rings is 7. The Hall–Kier alpha value is -6.71. The topological polar surface area (TPSA) is 21.1 Å². The lowest BCUT2D eigenvalue weighted by atomic mass is 9.70. The van der Waals surface area contributed by atoms with Gasteiger partial charge in [-0.05, 0) is 113 Å². The first-order valence-corrected chi connectivity index (χ1v) is 18.0. The van der Waals surface area contributed by atoms with E-state index >= 15 is 0 Å². The van der Waals surface area contributed by atoms with Crippen LogP contribution in [0.2, 0.25) is 0 Å². The van der Waals surface area contributed by atoms with E-state index in [1.165, 1.54) is 77.8 Å². The van der Waals surface area contributed by atoms with Crippen molar-refractivity contribution in [2.24, 2.45) is 0 Å². The number of hydrogen-bond donors (Lipinski definition) is 0. The number of anilines is 3. The number of hydrogen-bond acceptors (Lipinski definition) is 2. The lowest BCUT2D eigenvalue weighted by molar-refractivity contribution is 0.702. The second kappa shape index (κ2) is 10.9. The molecule has 0 saturated carbocycles. The van der Waals surface area contributed by atoms with Gasteiger partial charge in [-0.3, -0.25) is 4.98 Å². The van der Waals surface area contributed by atoms with Crippen LogP contribution in [0.25, 0.3) is 61.0 Å².